The molecule has 0 saturated heterocycles. The lowest BCUT2D eigenvalue weighted by molar-refractivity contribution is 0.0694. The molecule has 10 nitrogen and oxygen atoms in total. The van der Waals surface area contributed by atoms with E-state index < -0.39 is 5.97 Å². The van der Waals surface area contributed by atoms with Gasteiger partial charge in [-0.3, -0.25) is 0 Å². The molecule has 12 heteroatoms. The predicted octanol–water partition coefficient (Wildman–Crippen LogP) is 4.21. The van der Waals surface area contributed by atoms with Crippen molar-refractivity contribution in [3.8, 4) is 5.75 Å². The summed E-state index contributed by atoms with van der Waals surface area (Å²) >= 11 is 12.2. The number of aromatic hydroxyl groups is 1. The quantitative estimate of drug-likeness (QED) is 0.338. The zero-order chi connectivity index (χ0) is 20.5. The van der Waals surface area contributed by atoms with Crippen LogP contribution in [0, 0.1) is 0 Å². The van der Waals surface area contributed by atoms with Crippen LogP contribution in [-0.4, -0.2) is 36.5 Å². The summed E-state index contributed by atoms with van der Waals surface area (Å²) in [7, 11) is 0. The van der Waals surface area contributed by atoms with Crippen molar-refractivity contribution < 1.29 is 19.6 Å². The molecule has 0 aliphatic heterocycles. The van der Waals surface area contributed by atoms with Crippen LogP contribution in [0.3, 0.4) is 0 Å². The summed E-state index contributed by atoms with van der Waals surface area (Å²) in [6, 6.07) is 8.82. The van der Waals surface area contributed by atoms with E-state index in [9.17, 15) is 15.0 Å². The van der Waals surface area contributed by atoms with Gasteiger partial charge < -0.3 is 20.8 Å². The Morgan fingerprint density at radius 3 is 2.34 bits per heavy atom. The van der Waals surface area contributed by atoms with Gasteiger partial charge in [-0.2, -0.15) is 0 Å². The molecule has 0 fully saturated rings. The number of carbonyl (C=O) groups is 1. The van der Waals surface area contributed by atoms with E-state index in [0.29, 0.717) is 21.4 Å². The fraction of sp³-hybridized carbons (Fsp3) is 0. The van der Waals surface area contributed by atoms with Crippen LogP contribution in [-0.2, 0) is 0 Å². The number of rotatable bonds is 5. The number of benzene rings is 2. The van der Waals surface area contributed by atoms with Gasteiger partial charge in [-0.05, 0) is 46.7 Å². The Bertz CT molecular complexity index is 1250. The van der Waals surface area contributed by atoms with Gasteiger partial charge in [0.05, 0.1) is 10.7 Å². The maximum Gasteiger partial charge on any atom is 0.339 e. The first kappa shape index (κ1) is 18.7. The van der Waals surface area contributed by atoms with Crippen molar-refractivity contribution >= 4 is 63.5 Å². The fourth-order valence-electron chi connectivity index (χ4n) is 2.45. The zero-order valence-corrected chi connectivity index (χ0v) is 15.7. The van der Waals surface area contributed by atoms with Crippen molar-refractivity contribution in [2.24, 2.45) is 0 Å². The number of phenols is 1. The van der Waals surface area contributed by atoms with E-state index in [0.717, 1.165) is 0 Å². The molecule has 2 heterocycles. The molecule has 0 unspecified atom stereocenters. The van der Waals surface area contributed by atoms with Crippen LogP contribution in [0.25, 0.3) is 11.3 Å². The third-order valence-corrected chi connectivity index (χ3v) is 4.35. The number of anilines is 4. The number of hydrogen-bond donors (Lipinski definition) is 4. The van der Waals surface area contributed by atoms with Gasteiger partial charge >= 0.3 is 5.97 Å². The van der Waals surface area contributed by atoms with E-state index in [2.05, 4.69) is 35.5 Å². The molecule has 0 aliphatic carbocycles. The van der Waals surface area contributed by atoms with E-state index in [1.165, 1.54) is 18.2 Å². The lowest BCUT2D eigenvalue weighted by atomic mass is 10.2. The van der Waals surface area contributed by atoms with Gasteiger partial charge in [-0.1, -0.05) is 23.2 Å². The van der Waals surface area contributed by atoms with Crippen LogP contribution in [0.15, 0.2) is 41.0 Å². The Balaban J connectivity index is 1.77. The van der Waals surface area contributed by atoms with Crippen LogP contribution in [0.4, 0.5) is 23.0 Å². The first-order valence-electron chi connectivity index (χ1n) is 7.96. The summed E-state index contributed by atoms with van der Waals surface area (Å²) in [5, 5.41) is 33.0. The monoisotopic (exact) mass is 432 g/mol. The van der Waals surface area contributed by atoms with Gasteiger partial charge in [-0.15, -0.1) is 0 Å². The largest absolute Gasteiger partial charge is 0.507 e. The van der Waals surface area contributed by atoms with Crippen LogP contribution in [0.5, 0.6) is 5.75 Å². The molecular formula is C17H10Cl2N6O4. The molecule has 0 bridgehead atoms. The lowest BCUT2D eigenvalue weighted by Crippen LogP contribution is -2.05. The van der Waals surface area contributed by atoms with Crippen molar-refractivity contribution in [3.05, 3.63) is 52.0 Å². The number of carboxylic acid groups (broad SMARTS) is 1. The number of nitrogens with one attached hydrogen (secondary N) is 2. The normalized spacial score (nSPS) is 10.8. The predicted molar refractivity (Wildman–Crippen MR) is 105 cm³/mol. The van der Waals surface area contributed by atoms with E-state index in [-0.39, 0.29) is 34.2 Å². The van der Waals surface area contributed by atoms with E-state index in [1.807, 2.05) is 0 Å². The molecule has 0 radical (unpaired) electrons. The highest BCUT2D eigenvalue weighted by atomic mass is 35.5. The molecule has 2 aromatic heterocycles. The second-order valence-electron chi connectivity index (χ2n) is 5.74. The Morgan fingerprint density at radius 2 is 1.66 bits per heavy atom. The number of nitrogens with zero attached hydrogens (tertiary/aromatic N) is 4. The minimum absolute atomic E-state index is 0.132. The summed E-state index contributed by atoms with van der Waals surface area (Å²) in [5.74, 6) is -1.25. The molecule has 29 heavy (non-hydrogen) atoms. The summed E-state index contributed by atoms with van der Waals surface area (Å²) in [5.41, 5.74) is 0.801. The van der Waals surface area contributed by atoms with Gasteiger partial charge in [0, 0.05) is 10.7 Å². The first-order chi connectivity index (χ1) is 13.9. The molecule has 4 N–H and O–H groups in total. The van der Waals surface area contributed by atoms with Crippen molar-refractivity contribution in [1.29, 1.82) is 0 Å². The van der Waals surface area contributed by atoms with Gasteiger partial charge in [0.2, 0.25) is 11.3 Å². The SMILES string of the molecule is O=C(O)c1cc(Nc2nc3nonc3nc2Nc2cc(Cl)ccc2Cl)ccc1O. The van der Waals surface area contributed by atoms with Gasteiger partial charge in [0.15, 0.2) is 11.6 Å². The third-order valence-electron chi connectivity index (χ3n) is 3.79. The molecule has 0 atom stereocenters. The van der Waals surface area contributed by atoms with Crippen molar-refractivity contribution in [2.75, 3.05) is 10.6 Å². The van der Waals surface area contributed by atoms with Gasteiger partial charge in [0.25, 0.3) is 0 Å². The maximum absolute atomic E-state index is 11.3. The van der Waals surface area contributed by atoms with Crippen LogP contribution in [0.2, 0.25) is 10.0 Å². The average molecular weight is 433 g/mol. The third kappa shape index (κ3) is 3.84. The number of aromatic carboxylic acids is 1. The number of fused-ring (bicyclic) bond motifs is 1. The molecule has 4 rings (SSSR count). The Labute approximate surface area is 172 Å². The summed E-state index contributed by atoms with van der Waals surface area (Å²) in [4.78, 5) is 19.8. The number of hydrogen-bond acceptors (Lipinski definition) is 9. The molecule has 0 saturated carbocycles. The minimum atomic E-state index is -1.28. The van der Waals surface area contributed by atoms with Crippen molar-refractivity contribution in [1.82, 2.24) is 20.3 Å². The Hall–Kier alpha value is -3.63. The van der Waals surface area contributed by atoms with E-state index in [1.54, 1.807) is 18.2 Å². The second-order valence-corrected chi connectivity index (χ2v) is 6.59. The molecule has 146 valence electrons. The number of carboxylic acids is 1. The first-order valence-corrected chi connectivity index (χ1v) is 8.72. The van der Waals surface area contributed by atoms with Gasteiger partial charge in [0.1, 0.15) is 11.3 Å². The number of halogens is 2. The summed E-state index contributed by atoms with van der Waals surface area (Å²) in [6.45, 7) is 0. The topological polar surface area (TPSA) is 146 Å². The molecule has 2 aromatic carbocycles. The van der Waals surface area contributed by atoms with Crippen molar-refractivity contribution in [3.63, 3.8) is 0 Å². The highest BCUT2D eigenvalue weighted by Gasteiger charge is 2.16. The maximum atomic E-state index is 11.3. The Morgan fingerprint density at radius 1 is 0.966 bits per heavy atom. The van der Waals surface area contributed by atoms with Gasteiger partial charge in [-0.25, -0.2) is 19.4 Å². The molecule has 0 aliphatic rings. The Kier molecular flexibility index (Phi) is 4.79. The molecule has 4 aromatic rings. The minimum Gasteiger partial charge on any atom is -0.507 e. The highest BCUT2D eigenvalue weighted by Crippen LogP contribution is 2.32. The average Bonchev–Trinajstić information content (AvgIpc) is 3.13. The van der Waals surface area contributed by atoms with E-state index in [4.69, 9.17) is 23.2 Å². The highest BCUT2D eigenvalue weighted by molar-refractivity contribution is 6.35. The van der Waals surface area contributed by atoms with Crippen LogP contribution in [0.1, 0.15) is 10.4 Å². The van der Waals surface area contributed by atoms with Crippen LogP contribution >= 0.6 is 23.2 Å². The van der Waals surface area contributed by atoms with Crippen LogP contribution < -0.4 is 10.6 Å². The fourth-order valence-corrected chi connectivity index (χ4v) is 2.79. The number of aromatic nitrogens is 4. The molecule has 0 spiro atoms. The summed E-state index contributed by atoms with van der Waals surface area (Å²) in [6.07, 6.45) is 0. The summed E-state index contributed by atoms with van der Waals surface area (Å²) < 4.78 is 4.65. The second kappa shape index (κ2) is 7.41. The van der Waals surface area contributed by atoms with Crippen molar-refractivity contribution in [2.45, 2.75) is 0 Å². The molecule has 0 amide bonds. The smallest absolute Gasteiger partial charge is 0.339 e. The van der Waals surface area contributed by atoms with E-state index >= 15 is 0 Å². The zero-order valence-electron chi connectivity index (χ0n) is 14.2. The molecular weight excluding hydrogens is 423 g/mol. The lowest BCUT2D eigenvalue weighted by Gasteiger charge is -2.13. The standard InChI is InChI=1S/C17H10Cl2N6O4/c18-7-1-3-10(19)11(5-7)21-14-13(22-15-16(23-14)25-29-24-15)20-8-2-4-12(26)9(6-8)17(27)28/h1-6,26H,(H,27,28)(H,20,22,24)(H,21,23,25).